The van der Waals surface area contributed by atoms with Crippen LogP contribution in [0.1, 0.15) is 0 Å². The van der Waals surface area contributed by atoms with E-state index in [2.05, 4.69) is 18.3 Å². The molecule has 0 fully saturated rings. The van der Waals surface area contributed by atoms with Crippen LogP contribution in [0.15, 0.2) is 29.7 Å². The van der Waals surface area contributed by atoms with Crippen LogP contribution >= 0.6 is 0 Å². The molecule has 0 radical (unpaired) electrons. The Labute approximate surface area is 41.9 Å². The molecule has 0 aromatic carbocycles. The van der Waals surface area contributed by atoms with E-state index < -0.39 is 5.83 Å². The SMILES string of the molecule is C=C/C(F)=C\N=C. The zero-order chi connectivity index (χ0) is 5.70. The van der Waals surface area contributed by atoms with Gasteiger partial charge in [0.15, 0.2) is 0 Å². The second-order valence-electron chi connectivity index (χ2n) is 0.901. The third kappa shape index (κ3) is 2.89. The summed E-state index contributed by atoms with van der Waals surface area (Å²) in [6, 6.07) is 0. The molecule has 0 aliphatic heterocycles. The maximum Gasteiger partial charge on any atom is 0.140 e. The summed E-state index contributed by atoms with van der Waals surface area (Å²) in [4.78, 5) is 3.15. The Balaban J connectivity index is 3.72. The fourth-order valence-electron chi connectivity index (χ4n) is 0.140. The zero-order valence-corrected chi connectivity index (χ0v) is 3.89. The van der Waals surface area contributed by atoms with Crippen LogP contribution in [-0.4, -0.2) is 6.72 Å². The van der Waals surface area contributed by atoms with Gasteiger partial charge < -0.3 is 0 Å². The molecule has 7 heavy (non-hydrogen) atoms. The van der Waals surface area contributed by atoms with E-state index in [1.165, 1.54) is 0 Å². The molecule has 0 aromatic rings. The molecule has 0 aliphatic carbocycles. The number of halogens is 1. The van der Waals surface area contributed by atoms with Crippen LogP contribution in [0, 0.1) is 0 Å². The largest absolute Gasteiger partial charge is 0.269 e. The predicted molar refractivity (Wildman–Crippen MR) is 28.9 cm³/mol. The number of allylic oxidation sites excluding steroid dienone is 2. The minimum Gasteiger partial charge on any atom is -0.269 e. The van der Waals surface area contributed by atoms with Gasteiger partial charge in [-0.05, 0) is 12.8 Å². The van der Waals surface area contributed by atoms with Crippen molar-refractivity contribution < 1.29 is 4.39 Å². The lowest BCUT2D eigenvalue weighted by Gasteiger charge is -1.74. The maximum absolute atomic E-state index is 11.7. The first-order valence-corrected chi connectivity index (χ1v) is 1.75. The molecule has 0 atom stereocenters. The van der Waals surface area contributed by atoms with Gasteiger partial charge in [0.2, 0.25) is 0 Å². The van der Waals surface area contributed by atoms with Gasteiger partial charge in [-0.25, -0.2) is 4.39 Å². The number of hydrogen-bond donors (Lipinski definition) is 0. The highest BCUT2D eigenvalue weighted by molar-refractivity contribution is 5.26. The van der Waals surface area contributed by atoms with E-state index in [9.17, 15) is 4.39 Å². The first-order valence-electron chi connectivity index (χ1n) is 1.75. The molecule has 0 heterocycles. The number of aliphatic imine (C=N–C) groups is 1. The van der Waals surface area contributed by atoms with Crippen molar-refractivity contribution in [3.8, 4) is 0 Å². The van der Waals surface area contributed by atoms with E-state index in [4.69, 9.17) is 0 Å². The zero-order valence-electron chi connectivity index (χ0n) is 3.89. The lowest BCUT2D eigenvalue weighted by molar-refractivity contribution is 0.664. The highest BCUT2D eigenvalue weighted by Gasteiger charge is 1.76. The topological polar surface area (TPSA) is 12.4 Å². The minimum absolute atomic E-state index is 0.463. The molecule has 1 nitrogen and oxygen atoms in total. The first kappa shape index (κ1) is 6.08. The first-order chi connectivity index (χ1) is 3.31. The summed E-state index contributed by atoms with van der Waals surface area (Å²) in [5.41, 5.74) is 0. The normalized spacial score (nSPS) is 10.7. The number of nitrogens with zero attached hydrogens (tertiary/aromatic N) is 1. The summed E-state index contributed by atoms with van der Waals surface area (Å²) in [6.45, 7) is 6.18. The standard InChI is InChI=1S/C5H6FN/c1-3-5(6)4-7-2/h3-4H,1-2H2/b5-4+. The summed E-state index contributed by atoms with van der Waals surface area (Å²) < 4.78 is 11.7. The van der Waals surface area contributed by atoms with Crippen LogP contribution in [-0.2, 0) is 0 Å². The highest BCUT2D eigenvalue weighted by Crippen LogP contribution is 1.93. The second kappa shape index (κ2) is 3.28. The number of rotatable bonds is 2. The highest BCUT2D eigenvalue weighted by atomic mass is 19.1. The Hall–Kier alpha value is -0.920. The molecule has 0 saturated carbocycles. The fraction of sp³-hybridized carbons (Fsp3) is 0. The Kier molecular flexibility index (Phi) is 2.85. The molecule has 0 aliphatic rings. The molecule has 2 heteroatoms. The van der Waals surface area contributed by atoms with Crippen molar-refractivity contribution in [2.45, 2.75) is 0 Å². The van der Waals surface area contributed by atoms with Crippen molar-refractivity contribution in [2.75, 3.05) is 0 Å². The lowest BCUT2D eigenvalue weighted by atomic mass is 10.6. The van der Waals surface area contributed by atoms with Crippen LogP contribution in [0.4, 0.5) is 4.39 Å². The van der Waals surface area contributed by atoms with E-state index in [1.807, 2.05) is 0 Å². The van der Waals surface area contributed by atoms with Gasteiger partial charge in [-0.3, -0.25) is 4.99 Å². The van der Waals surface area contributed by atoms with Crippen LogP contribution in [0.25, 0.3) is 0 Å². The quantitative estimate of drug-likeness (QED) is 0.369. The van der Waals surface area contributed by atoms with Crippen LogP contribution in [0.2, 0.25) is 0 Å². The van der Waals surface area contributed by atoms with E-state index in [0.717, 1.165) is 12.3 Å². The third-order valence-electron chi connectivity index (χ3n) is 0.410. The molecular weight excluding hydrogens is 93.1 g/mol. The van der Waals surface area contributed by atoms with Crippen LogP contribution < -0.4 is 0 Å². The van der Waals surface area contributed by atoms with E-state index in [0.29, 0.717) is 0 Å². The van der Waals surface area contributed by atoms with Crippen molar-refractivity contribution in [3.63, 3.8) is 0 Å². The lowest BCUT2D eigenvalue weighted by Crippen LogP contribution is -1.56. The smallest absolute Gasteiger partial charge is 0.140 e. The van der Waals surface area contributed by atoms with Crippen molar-refractivity contribution >= 4 is 6.72 Å². The molecule has 0 unspecified atom stereocenters. The molecule has 38 valence electrons. The van der Waals surface area contributed by atoms with Gasteiger partial charge >= 0.3 is 0 Å². The summed E-state index contributed by atoms with van der Waals surface area (Å²) in [5.74, 6) is -0.463. The van der Waals surface area contributed by atoms with E-state index in [-0.39, 0.29) is 0 Å². The molecule has 0 rings (SSSR count). The van der Waals surface area contributed by atoms with Gasteiger partial charge in [0, 0.05) is 0 Å². The summed E-state index contributed by atoms with van der Waals surface area (Å²) in [6.07, 6.45) is 2.06. The Morgan fingerprint density at radius 1 is 1.71 bits per heavy atom. The Morgan fingerprint density at radius 3 is 2.43 bits per heavy atom. The molecule has 0 aromatic heterocycles. The summed E-state index contributed by atoms with van der Waals surface area (Å²) in [5, 5.41) is 0. The van der Waals surface area contributed by atoms with Crippen molar-refractivity contribution in [1.29, 1.82) is 0 Å². The Bertz CT molecular complexity index is 105. The van der Waals surface area contributed by atoms with Crippen molar-refractivity contribution in [3.05, 3.63) is 24.7 Å². The predicted octanol–water partition coefficient (Wildman–Crippen LogP) is 1.68. The van der Waals surface area contributed by atoms with Crippen LogP contribution in [0.5, 0.6) is 0 Å². The second-order valence-corrected chi connectivity index (χ2v) is 0.901. The van der Waals surface area contributed by atoms with Gasteiger partial charge in [-0.1, -0.05) is 6.58 Å². The summed E-state index contributed by atoms with van der Waals surface area (Å²) >= 11 is 0. The van der Waals surface area contributed by atoms with Gasteiger partial charge in [-0.2, -0.15) is 0 Å². The molecule has 0 saturated heterocycles. The molecule has 0 bridgehead atoms. The average Bonchev–Trinajstić information content (AvgIpc) is 1.68. The molecule has 0 N–H and O–H groups in total. The molecule has 0 spiro atoms. The minimum atomic E-state index is -0.463. The van der Waals surface area contributed by atoms with Crippen molar-refractivity contribution in [1.82, 2.24) is 0 Å². The molecular formula is C5H6FN. The van der Waals surface area contributed by atoms with Gasteiger partial charge in [0.1, 0.15) is 5.83 Å². The monoisotopic (exact) mass is 99.0 g/mol. The van der Waals surface area contributed by atoms with E-state index >= 15 is 0 Å². The van der Waals surface area contributed by atoms with Crippen LogP contribution in [0.3, 0.4) is 0 Å². The van der Waals surface area contributed by atoms with Gasteiger partial charge in [-0.15, -0.1) is 0 Å². The molecule has 0 amide bonds. The average molecular weight is 99.1 g/mol. The van der Waals surface area contributed by atoms with Gasteiger partial charge in [0.05, 0.1) is 6.20 Å². The van der Waals surface area contributed by atoms with Gasteiger partial charge in [0.25, 0.3) is 0 Å². The van der Waals surface area contributed by atoms with E-state index in [1.54, 1.807) is 0 Å². The summed E-state index contributed by atoms with van der Waals surface area (Å²) in [7, 11) is 0. The maximum atomic E-state index is 11.7. The third-order valence-corrected chi connectivity index (χ3v) is 0.410. The Morgan fingerprint density at radius 2 is 2.29 bits per heavy atom. The number of hydrogen-bond acceptors (Lipinski definition) is 1. The van der Waals surface area contributed by atoms with Crippen molar-refractivity contribution in [2.24, 2.45) is 4.99 Å². The fourth-order valence-corrected chi connectivity index (χ4v) is 0.140.